The summed E-state index contributed by atoms with van der Waals surface area (Å²) < 4.78 is 0. The minimum absolute atomic E-state index is 0.151. The molecule has 0 saturated heterocycles. The molecule has 2 aromatic heterocycles. The van der Waals surface area contributed by atoms with Crippen molar-refractivity contribution >= 4 is 16.7 Å². The van der Waals surface area contributed by atoms with Gasteiger partial charge in [0, 0.05) is 13.2 Å². The van der Waals surface area contributed by atoms with Crippen LogP contribution < -0.4 is 10.9 Å². The van der Waals surface area contributed by atoms with Crippen LogP contribution in [0.4, 0.5) is 5.69 Å². The Hall–Kier alpha value is -1.78. The number of aromatic nitrogens is 3. The lowest BCUT2D eigenvalue weighted by atomic mass is 10.4. The predicted octanol–water partition coefficient (Wildman–Crippen LogP) is 0.293. The maximum absolute atomic E-state index is 11.2. The molecule has 0 fully saturated rings. The molecule has 0 aromatic carbocycles. The summed E-state index contributed by atoms with van der Waals surface area (Å²) in [5.41, 5.74) is 1.85. The van der Waals surface area contributed by atoms with Crippen molar-refractivity contribution in [2.24, 2.45) is 0 Å². The van der Waals surface area contributed by atoms with Crippen molar-refractivity contribution in [2.75, 3.05) is 12.4 Å². The molecule has 2 aromatic rings. The molecule has 0 radical (unpaired) electrons. The van der Waals surface area contributed by atoms with E-state index in [-0.39, 0.29) is 5.56 Å². The first-order chi connectivity index (χ1) is 5.83. The Bertz CT molecular complexity index is 456. The van der Waals surface area contributed by atoms with Crippen LogP contribution in [0.5, 0.6) is 0 Å². The molecule has 0 atom stereocenters. The van der Waals surface area contributed by atoms with Gasteiger partial charge in [0.2, 0.25) is 0 Å². The summed E-state index contributed by atoms with van der Waals surface area (Å²) in [4.78, 5) is 20.5. The Labute approximate surface area is 67.8 Å². The third-order valence-electron chi connectivity index (χ3n) is 1.74. The number of rotatable bonds is 1. The molecule has 2 rings (SSSR count). The van der Waals surface area contributed by atoms with Crippen LogP contribution in [0.15, 0.2) is 17.3 Å². The fourth-order valence-electron chi connectivity index (χ4n) is 1.14. The van der Waals surface area contributed by atoms with Crippen molar-refractivity contribution in [3.8, 4) is 0 Å². The number of nitrogens with one attached hydrogen (secondary N) is 3. The molecule has 0 saturated carbocycles. The number of nitrogens with zero attached hydrogens (tertiary/aromatic N) is 1. The molecule has 2 heterocycles. The minimum Gasteiger partial charge on any atom is -0.385 e. The van der Waals surface area contributed by atoms with E-state index in [0.29, 0.717) is 11.0 Å². The van der Waals surface area contributed by atoms with Crippen LogP contribution in [-0.2, 0) is 0 Å². The normalized spacial score (nSPS) is 10.4. The fourth-order valence-corrected chi connectivity index (χ4v) is 1.14. The van der Waals surface area contributed by atoms with Crippen LogP contribution in [0.1, 0.15) is 0 Å². The highest BCUT2D eigenvalue weighted by Gasteiger charge is 2.04. The highest BCUT2D eigenvalue weighted by atomic mass is 16.1. The molecule has 0 amide bonds. The monoisotopic (exact) mass is 164 g/mol. The molecule has 62 valence electrons. The number of anilines is 1. The Morgan fingerprint density at radius 2 is 2.33 bits per heavy atom. The average Bonchev–Trinajstić information content (AvgIpc) is 2.49. The Kier molecular flexibility index (Phi) is 1.36. The summed E-state index contributed by atoms with van der Waals surface area (Å²) >= 11 is 0. The van der Waals surface area contributed by atoms with Crippen LogP contribution >= 0.6 is 0 Å². The maximum Gasteiger partial charge on any atom is 0.275 e. The number of hydrogen-bond donors (Lipinski definition) is 3. The molecule has 0 aliphatic rings. The summed E-state index contributed by atoms with van der Waals surface area (Å²) in [6.07, 6.45) is 3.10. The Morgan fingerprint density at radius 3 is 3.08 bits per heavy atom. The van der Waals surface area contributed by atoms with E-state index in [4.69, 9.17) is 0 Å². The van der Waals surface area contributed by atoms with Crippen LogP contribution in [-0.4, -0.2) is 22.0 Å². The lowest BCUT2D eigenvalue weighted by Gasteiger charge is -1.92. The first-order valence-corrected chi connectivity index (χ1v) is 3.55. The first-order valence-electron chi connectivity index (χ1n) is 3.55. The van der Waals surface area contributed by atoms with Gasteiger partial charge >= 0.3 is 0 Å². The zero-order chi connectivity index (χ0) is 8.55. The second kappa shape index (κ2) is 2.37. The van der Waals surface area contributed by atoms with Crippen LogP contribution in [0, 0.1) is 0 Å². The van der Waals surface area contributed by atoms with Gasteiger partial charge in [-0.05, 0) is 0 Å². The van der Waals surface area contributed by atoms with E-state index < -0.39 is 0 Å². The van der Waals surface area contributed by atoms with Gasteiger partial charge in [-0.1, -0.05) is 0 Å². The molecular formula is C7H8N4O. The summed E-state index contributed by atoms with van der Waals surface area (Å²) in [6.45, 7) is 0. The van der Waals surface area contributed by atoms with Gasteiger partial charge in [0.1, 0.15) is 11.0 Å². The third kappa shape index (κ3) is 0.795. The van der Waals surface area contributed by atoms with Gasteiger partial charge in [0.15, 0.2) is 0 Å². The highest BCUT2D eigenvalue weighted by Crippen LogP contribution is 2.15. The summed E-state index contributed by atoms with van der Waals surface area (Å²) in [6, 6.07) is 0. The van der Waals surface area contributed by atoms with Crippen molar-refractivity contribution < 1.29 is 0 Å². The zero-order valence-electron chi connectivity index (χ0n) is 6.51. The standard InChI is InChI=1S/C7H8N4O/c1-8-4-2-9-6-5(4)10-3-11-7(6)12/h2-3,8-9H,1H3,(H,10,11,12). The van der Waals surface area contributed by atoms with Crippen molar-refractivity contribution in [1.29, 1.82) is 0 Å². The largest absolute Gasteiger partial charge is 0.385 e. The van der Waals surface area contributed by atoms with E-state index >= 15 is 0 Å². The number of hydrogen-bond acceptors (Lipinski definition) is 3. The number of fused-ring (bicyclic) bond motifs is 1. The average molecular weight is 164 g/mol. The van der Waals surface area contributed by atoms with Gasteiger partial charge in [-0.25, -0.2) is 4.98 Å². The SMILES string of the molecule is CNc1c[nH]c2c(=O)[nH]cnc12. The van der Waals surface area contributed by atoms with Gasteiger partial charge in [-0.2, -0.15) is 0 Å². The Morgan fingerprint density at radius 1 is 1.50 bits per heavy atom. The second-order valence-corrected chi connectivity index (χ2v) is 2.41. The fraction of sp³-hybridized carbons (Fsp3) is 0.143. The summed E-state index contributed by atoms with van der Waals surface area (Å²) in [7, 11) is 1.78. The molecular weight excluding hydrogens is 156 g/mol. The van der Waals surface area contributed by atoms with E-state index in [2.05, 4.69) is 20.3 Å². The molecule has 0 unspecified atom stereocenters. The lowest BCUT2D eigenvalue weighted by Crippen LogP contribution is -2.05. The van der Waals surface area contributed by atoms with Crippen LogP contribution in [0.2, 0.25) is 0 Å². The van der Waals surface area contributed by atoms with Crippen molar-refractivity contribution in [2.45, 2.75) is 0 Å². The van der Waals surface area contributed by atoms with Crippen LogP contribution in [0.25, 0.3) is 11.0 Å². The quantitative estimate of drug-likeness (QED) is 0.567. The summed E-state index contributed by atoms with van der Waals surface area (Å²) in [5.74, 6) is 0. The minimum atomic E-state index is -0.151. The van der Waals surface area contributed by atoms with E-state index in [1.165, 1.54) is 6.33 Å². The van der Waals surface area contributed by atoms with Crippen molar-refractivity contribution in [1.82, 2.24) is 15.0 Å². The molecule has 0 bridgehead atoms. The van der Waals surface area contributed by atoms with Crippen LogP contribution in [0.3, 0.4) is 0 Å². The number of H-pyrrole nitrogens is 2. The third-order valence-corrected chi connectivity index (χ3v) is 1.74. The molecule has 0 aliphatic carbocycles. The smallest absolute Gasteiger partial charge is 0.275 e. The predicted molar refractivity (Wildman–Crippen MR) is 46.3 cm³/mol. The molecule has 5 heteroatoms. The highest BCUT2D eigenvalue weighted by molar-refractivity contribution is 5.87. The molecule has 3 N–H and O–H groups in total. The van der Waals surface area contributed by atoms with Gasteiger partial charge < -0.3 is 15.3 Å². The van der Waals surface area contributed by atoms with E-state index in [1.807, 2.05) is 0 Å². The molecule has 12 heavy (non-hydrogen) atoms. The lowest BCUT2D eigenvalue weighted by molar-refractivity contribution is 1.16. The number of aromatic amines is 2. The van der Waals surface area contributed by atoms with E-state index in [9.17, 15) is 4.79 Å². The van der Waals surface area contributed by atoms with Gasteiger partial charge in [-0.3, -0.25) is 4.79 Å². The van der Waals surface area contributed by atoms with Gasteiger partial charge in [0.25, 0.3) is 5.56 Å². The molecule has 0 aliphatic heterocycles. The molecule has 0 spiro atoms. The molecule has 5 nitrogen and oxygen atoms in total. The van der Waals surface area contributed by atoms with Crippen molar-refractivity contribution in [3.63, 3.8) is 0 Å². The van der Waals surface area contributed by atoms with E-state index in [0.717, 1.165) is 5.69 Å². The maximum atomic E-state index is 11.2. The first kappa shape index (κ1) is 6.90. The second-order valence-electron chi connectivity index (χ2n) is 2.41. The van der Waals surface area contributed by atoms with Crippen molar-refractivity contribution in [3.05, 3.63) is 22.9 Å². The topological polar surface area (TPSA) is 73.6 Å². The summed E-state index contributed by atoms with van der Waals surface area (Å²) in [5, 5.41) is 2.93. The van der Waals surface area contributed by atoms with E-state index in [1.54, 1.807) is 13.2 Å². The van der Waals surface area contributed by atoms with Gasteiger partial charge in [0.05, 0.1) is 12.0 Å². The van der Waals surface area contributed by atoms with Gasteiger partial charge in [-0.15, -0.1) is 0 Å². The Balaban J connectivity index is 2.89. The zero-order valence-corrected chi connectivity index (χ0v) is 6.51.